The van der Waals surface area contributed by atoms with Crippen molar-refractivity contribution in [3.8, 4) is 0 Å². The highest BCUT2D eigenvalue weighted by atomic mass is 16.2. The van der Waals surface area contributed by atoms with E-state index in [1.54, 1.807) is 30.5 Å². The molecule has 0 bridgehead atoms. The maximum absolute atomic E-state index is 12.8. The monoisotopic (exact) mass is 371 g/mol. The largest absolute Gasteiger partial charge is 0.332 e. The molecule has 0 fully saturated rings. The van der Waals surface area contributed by atoms with Crippen LogP contribution in [-0.4, -0.2) is 35.9 Å². The SMILES string of the molecule is CC(=O)c1c(C)nn([C@H](C)CC(=O)N2Cc3nc(C)n(C)c(=O)c3C2)c1C. The Morgan fingerprint density at radius 3 is 2.44 bits per heavy atom. The zero-order chi connectivity index (χ0) is 20.0. The first-order chi connectivity index (χ1) is 12.6. The molecule has 1 amide bonds. The average molecular weight is 371 g/mol. The number of amides is 1. The van der Waals surface area contributed by atoms with Gasteiger partial charge in [0.2, 0.25) is 5.91 Å². The third-order valence-corrected chi connectivity index (χ3v) is 5.30. The molecule has 27 heavy (non-hydrogen) atoms. The number of aromatic nitrogens is 4. The number of nitrogens with zero attached hydrogens (tertiary/aromatic N) is 5. The highest BCUT2D eigenvalue weighted by Gasteiger charge is 2.29. The minimum Gasteiger partial charge on any atom is -0.332 e. The van der Waals surface area contributed by atoms with Crippen LogP contribution in [0.25, 0.3) is 0 Å². The number of rotatable bonds is 4. The van der Waals surface area contributed by atoms with Crippen LogP contribution in [0.15, 0.2) is 4.79 Å². The lowest BCUT2D eigenvalue weighted by Gasteiger charge is -2.19. The minimum absolute atomic E-state index is 0.0259. The molecule has 0 saturated heterocycles. The van der Waals surface area contributed by atoms with Gasteiger partial charge in [-0.3, -0.25) is 23.6 Å². The predicted octanol–water partition coefficient (Wildman–Crippen LogP) is 1.60. The van der Waals surface area contributed by atoms with Crippen LogP contribution in [0.3, 0.4) is 0 Å². The second-order valence-corrected chi connectivity index (χ2v) is 7.30. The number of fused-ring (bicyclic) bond motifs is 1. The third-order valence-electron chi connectivity index (χ3n) is 5.30. The van der Waals surface area contributed by atoms with Gasteiger partial charge in [0.25, 0.3) is 5.56 Å². The van der Waals surface area contributed by atoms with Crippen LogP contribution >= 0.6 is 0 Å². The molecule has 1 aliphatic heterocycles. The zero-order valence-corrected chi connectivity index (χ0v) is 16.7. The molecule has 0 spiro atoms. The first-order valence-electron chi connectivity index (χ1n) is 9.01. The van der Waals surface area contributed by atoms with Crippen molar-refractivity contribution in [1.29, 1.82) is 0 Å². The molecule has 2 aromatic heterocycles. The van der Waals surface area contributed by atoms with Gasteiger partial charge in [-0.25, -0.2) is 4.98 Å². The van der Waals surface area contributed by atoms with E-state index in [4.69, 9.17) is 0 Å². The van der Waals surface area contributed by atoms with Crippen molar-refractivity contribution in [1.82, 2.24) is 24.2 Å². The van der Waals surface area contributed by atoms with Gasteiger partial charge in [0.15, 0.2) is 5.78 Å². The molecule has 8 nitrogen and oxygen atoms in total. The van der Waals surface area contributed by atoms with Gasteiger partial charge in [-0.2, -0.15) is 5.10 Å². The summed E-state index contributed by atoms with van der Waals surface area (Å²) >= 11 is 0. The van der Waals surface area contributed by atoms with Gasteiger partial charge in [-0.05, 0) is 34.6 Å². The molecule has 0 N–H and O–H groups in total. The second kappa shape index (κ2) is 6.75. The normalized spacial score (nSPS) is 14.4. The highest BCUT2D eigenvalue weighted by molar-refractivity contribution is 5.96. The lowest BCUT2D eigenvalue weighted by atomic mass is 10.1. The standard InChI is InChI=1S/C19H25N5O3/c1-10(24-12(3)18(13(4)25)11(2)21-24)7-17(26)23-8-15-16(9-23)20-14(5)22(6)19(15)27/h10H,7-9H2,1-6H3/t10-/m1/s1. The molecular formula is C19H25N5O3. The number of Topliss-reactive ketones (excluding diaryl/α,β-unsaturated/α-hetero) is 1. The van der Waals surface area contributed by atoms with Crippen molar-refractivity contribution < 1.29 is 9.59 Å². The molecule has 3 heterocycles. The minimum atomic E-state index is -0.189. The van der Waals surface area contributed by atoms with E-state index >= 15 is 0 Å². The van der Waals surface area contributed by atoms with E-state index in [0.29, 0.717) is 34.9 Å². The molecule has 3 rings (SSSR count). The van der Waals surface area contributed by atoms with Gasteiger partial charge >= 0.3 is 0 Å². The Labute approximate surface area is 157 Å². The van der Waals surface area contributed by atoms with E-state index in [9.17, 15) is 14.4 Å². The molecule has 0 saturated carbocycles. The Hall–Kier alpha value is -2.77. The van der Waals surface area contributed by atoms with Gasteiger partial charge in [-0.1, -0.05) is 0 Å². The fraction of sp³-hybridized carbons (Fsp3) is 0.526. The summed E-state index contributed by atoms with van der Waals surface area (Å²) < 4.78 is 3.25. The quantitative estimate of drug-likeness (QED) is 0.762. The summed E-state index contributed by atoms with van der Waals surface area (Å²) in [7, 11) is 1.69. The summed E-state index contributed by atoms with van der Waals surface area (Å²) in [6.07, 6.45) is 0.243. The van der Waals surface area contributed by atoms with E-state index in [0.717, 1.165) is 5.69 Å². The fourth-order valence-electron chi connectivity index (χ4n) is 3.77. The molecular weight excluding hydrogens is 346 g/mol. The molecule has 0 unspecified atom stereocenters. The summed E-state index contributed by atoms with van der Waals surface area (Å²) in [4.78, 5) is 43.1. The first-order valence-corrected chi connectivity index (χ1v) is 9.01. The van der Waals surface area contributed by atoms with Crippen molar-refractivity contribution >= 4 is 11.7 Å². The van der Waals surface area contributed by atoms with Crippen LogP contribution < -0.4 is 5.56 Å². The van der Waals surface area contributed by atoms with Gasteiger partial charge < -0.3 is 4.90 Å². The lowest BCUT2D eigenvalue weighted by molar-refractivity contribution is -0.132. The fourth-order valence-corrected chi connectivity index (χ4v) is 3.77. The summed E-state index contributed by atoms with van der Waals surface area (Å²) in [6.45, 7) is 9.50. The van der Waals surface area contributed by atoms with Crippen LogP contribution in [-0.2, 0) is 24.9 Å². The Morgan fingerprint density at radius 1 is 1.19 bits per heavy atom. The summed E-state index contributed by atoms with van der Waals surface area (Å²) in [5.41, 5.74) is 3.25. The maximum atomic E-state index is 12.8. The number of hydrogen-bond acceptors (Lipinski definition) is 5. The first kappa shape index (κ1) is 19.0. The summed E-state index contributed by atoms with van der Waals surface area (Å²) in [5.74, 6) is 0.556. The van der Waals surface area contributed by atoms with Crippen molar-refractivity contribution in [3.05, 3.63) is 44.4 Å². The Bertz CT molecular complexity index is 1000. The van der Waals surface area contributed by atoms with E-state index in [2.05, 4.69) is 10.1 Å². The topological polar surface area (TPSA) is 90.1 Å². The van der Waals surface area contributed by atoms with Gasteiger partial charge in [0, 0.05) is 19.2 Å². The smallest absolute Gasteiger partial charge is 0.258 e. The molecule has 144 valence electrons. The second-order valence-electron chi connectivity index (χ2n) is 7.30. The van der Waals surface area contributed by atoms with Crippen molar-refractivity contribution in [2.75, 3.05) is 0 Å². The summed E-state index contributed by atoms with van der Waals surface area (Å²) in [6, 6.07) is -0.189. The Kier molecular flexibility index (Phi) is 4.75. The number of hydrogen-bond donors (Lipinski definition) is 0. The third kappa shape index (κ3) is 3.20. The lowest BCUT2D eigenvalue weighted by Crippen LogP contribution is -2.29. The van der Waals surface area contributed by atoms with Gasteiger partial charge in [0.05, 0.1) is 41.6 Å². The highest BCUT2D eigenvalue weighted by Crippen LogP contribution is 2.24. The Morgan fingerprint density at radius 2 is 1.85 bits per heavy atom. The van der Waals surface area contributed by atoms with Crippen LogP contribution in [0.4, 0.5) is 0 Å². The molecule has 1 aliphatic rings. The van der Waals surface area contributed by atoms with Crippen molar-refractivity contribution in [2.45, 2.75) is 60.2 Å². The average Bonchev–Trinajstić information content (AvgIpc) is 3.13. The van der Waals surface area contributed by atoms with Crippen molar-refractivity contribution in [3.63, 3.8) is 0 Å². The number of aryl methyl sites for hydroxylation is 2. The van der Waals surface area contributed by atoms with E-state index < -0.39 is 0 Å². The van der Waals surface area contributed by atoms with Gasteiger partial charge in [0.1, 0.15) is 5.82 Å². The van der Waals surface area contributed by atoms with E-state index in [1.165, 1.54) is 11.5 Å². The molecule has 8 heteroatoms. The maximum Gasteiger partial charge on any atom is 0.258 e. The summed E-state index contributed by atoms with van der Waals surface area (Å²) in [5, 5.41) is 4.45. The van der Waals surface area contributed by atoms with Gasteiger partial charge in [-0.15, -0.1) is 0 Å². The molecule has 2 aromatic rings. The molecule has 0 aromatic carbocycles. The van der Waals surface area contributed by atoms with Crippen molar-refractivity contribution in [2.24, 2.45) is 7.05 Å². The Balaban J connectivity index is 1.77. The predicted molar refractivity (Wildman–Crippen MR) is 99.5 cm³/mol. The van der Waals surface area contributed by atoms with Crippen LogP contribution in [0, 0.1) is 20.8 Å². The van der Waals surface area contributed by atoms with Crippen LogP contribution in [0.2, 0.25) is 0 Å². The number of ketones is 1. The molecule has 1 atom stereocenters. The number of carbonyl (C=O) groups excluding carboxylic acids is 2. The number of carbonyl (C=O) groups is 2. The van der Waals surface area contributed by atoms with Crippen LogP contribution in [0.1, 0.15) is 65.1 Å². The molecule has 0 radical (unpaired) electrons. The van der Waals surface area contributed by atoms with E-state index in [1.807, 2.05) is 13.8 Å². The zero-order valence-electron chi connectivity index (χ0n) is 16.7. The van der Waals surface area contributed by atoms with Crippen LogP contribution in [0.5, 0.6) is 0 Å². The van der Waals surface area contributed by atoms with E-state index in [-0.39, 0.29) is 36.3 Å². The molecule has 0 aliphatic carbocycles.